The van der Waals surface area contributed by atoms with Crippen LogP contribution in [-0.2, 0) is 0 Å². The maximum Gasteiger partial charge on any atom is 0.261 e. The van der Waals surface area contributed by atoms with Gasteiger partial charge in [0.1, 0.15) is 0 Å². The van der Waals surface area contributed by atoms with Crippen LogP contribution in [0.5, 0.6) is 0 Å². The first-order valence-corrected chi connectivity index (χ1v) is 11.0. The Kier molecular flexibility index (Phi) is 5.23. The van der Waals surface area contributed by atoms with Crippen LogP contribution in [0.15, 0.2) is 60.7 Å². The molecular weight excluding hydrogens is 402 g/mol. The van der Waals surface area contributed by atoms with Crippen LogP contribution in [0.2, 0.25) is 0 Å². The molecular formula is C26H25N3O3. The fraction of sp³-hybridized carbons (Fsp3) is 0.269. The van der Waals surface area contributed by atoms with E-state index in [-0.39, 0.29) is 17.7 Å². The Hall–Kier alpha value is -3.51. The molecule has 0 aromatic heterocycles. The molecule has 0 unspecified atom stereocenters. The van der Waals surface area contributed by atoms with E-state index in [9.17, 15) is 14.4 Å². The number of hydrogen-bond donors (Lipinski definition) is 0. The van der Waals surface area contributed by atoms with Crippen LogP contribution in [0.3, 0.4) is 0 Å². The van der Waals surface area contributed by atoms with E-state index in [1.807, 2.05) is 60.4 Å². The molecule has 5 rings (SSSR count). The van der Waals surface area contributed by atoms with Gasteiger partial charge in [0.05, 0.1) is 0 Å². The molecule has 3 aromatic rings. The van der Waals surface area contributed by atoms with Crippen molar-refractivity contribution in [1.29, 1.82) is 0 Å². The predicted octanol–water partition coefficient (Wildman–Crippen LogP) is 3.20. The molecule has 6 heteroatoms. The minimum Gasteiger partial charge on any atom is -0.336 e. The van der Waals surface area contributed by atoms with Gasteiger partial charge in [-0.25, -0.2) is 0 Å². The van der Waals surface area contributed by atoms with E-state index in [0.29, 0.717) is 42.9 Å². The molecule has 3 amide bonds. The maximum absolute atomic E-state index is 13.0. The van der Waals surface area contributed by atoms with Gasteiger partial charge in [-0.2, -0.15) is 0 Å². The molecule has 32 heavy (non-hydrogen) atoms. The summed E-state index contributed by atoms with van der Waals surface area (Å²) in [6, 6.07) is 18.8. The molecule has 0 radical (unpaired) electrons. The highest BCUT2D eigenvalue weighted by Gasteiger charge is 2.33. The fourth-order valence-corrected chi connectivity index (χ4v) is 4.58. The lowest BCUT2D eigenvalue weighted by Gasteiger charge is -2.36. The summed E-state index contributed by atoms with van der Waals surface area (Å²) < 4.78 is 0. The summed E-state index contributed by atoms with van der Waals surface area (Å²) in [5, 5.41) is 1.67. The normalized spacial score (nSPS) is 16.7. The van der Waals surface area contributed by atoms with E-state index in [2.05, 4.69) is 4.90 Å². The van der Waals surface area contributed by atoms with Crippen LogP contribution in [0.4, 0.5) is 0 Å². The van der Waals surface area contributed by atoms with Crippen molar-refractivity contribution in [3.8, 4) is 0 Å². The molecule has 2 aliphatic rings. The average Bonchev–Trinajstić information content (AvgIpc) is 2.83. The lowest BCUT2D eigenvalue weighted by molar-refractivity contribution is 0.0551. The number of aryl methyl sites for hydroxylation is 1. The Morgan fingerprint density at radius 3 is 1.97 bits per heavy atom. The van der Waals surface area contributed by atoms with Crippen LogP contribution >= 0.6 is 0 Å². The van der Waals surface area contributed by atoms with Crippen LogP contribution in [0.1, 0.15) is 36.6 Å². The highest BCUT2D eigenvalue weighted by Crippen LogP contribution is 2.29. The third kappa shape index (κ3) is 3.56. The molecule has 162 valence electrons. The van der Waals surface area contributed by atoms with E-state index in [1.54, 1.807) is 12.1 Å². The van der Waals surface area contributed by atoms with E-state index in [1.165, 1.54) is 4.90 Å². The van der Waals surface area contributed by atoms with Crippen LogP contribution in [0.25, 0.3) is 10.8 Å². The third-order valence-corrected chi connectivity index (χ3v) is 6.45. The average molecular weight is 428 g/mol. The zero-order valence-electron chi connectivity index (χ0n) is 18.1. The van der Waals surface area contributed by atoms with Gasteiger partial charge >= 0.3 is 0 Å². The van der Waals surface area contributed by atoms with Crippen molar-refractivity contribution in [2.75, 3.05) is 39.3 Å². The van der Waals surface area contributed by atoms with E-state index >= 15 is 0 Å². The van der Waals surface area contributed by atoms with Crippen LogP contribution in [-0.4, -0.2) is 71.7 Å². The molecule has 0 bridgehead atoms. The lowest BCUT2D eigenvalue weighted by atomic mass is 9.94. The van der Waals surface area contributed by atoms with Gasteiger partial charge in [-0.15, -0.1) is 0 Å². The number of imide groups is 1. The zero-order chi connectivity index (χ0) is 22.2. The van der Waals surface area contributed by atoms with Gasteiger partial charge in [-0.1, -0.05) is 42.0 Å². The van der Waals surface area contributed by atoms with E-state index in [0.717, 1.165) is 29.4 Å². The van der Waals surface area contributed by atoms with Crippen molar-refractivity contribution in [3.63, 3.8) is 0 Å². The van der Waals surface area contributed by atoms with Crippen molar-refractivity contribution in [2.24, 2.45) is 0 Å². The SMILES string of the molecule is Cc1ccc(C(=O)N2CCN(CCN3C(=O)c4cccc5cccc(c45)C3=O)CC2)cc1. The molecule has 6 nitrogen and oxygen atoms in total. The maximum atomic E-state index is 13.0. The van der Waals surface area contributed by atoms with Crippen molar-refractivity contribution >= 4 is 28.5 Å². The number of amides is 3. The first kappa shape index (κ1) is 20.4. The summed E-state index contributed by atoms with van der Waals surface area (Å²) in [5.41, 5.74) is 3.02. The van der Waals surface area contributed by atoms with Gasteiger partial charge in [-0.3, -0.25) is 24.2 Å². The second kappa shape index (κ2) is 8.20. The molecule has 2 heterocycles. The third-order valence-electron chi connectivity index (χ3n) is 6.45. The number of carbonyl (C=O) groups is 3. The highest BCUT2D eigenvalue weighted by atomic mass is 16.2. The summed E-state index contributed by atoms with van der Waals surface area (Å²) in [7, 11) is 0. The second-order valence-electron chi connectivity index (χ2n) is 8.47. The molecule has 3 aromatic carbocycles. The molecule has 2 aliphatic heterocycles. The van der Waals surface area contributed by atoms with Gasteiger partial charge in [0.2, 0.25) is 0 Å². The predicted molar refractivity (Wildman–Crippen MR) is 123 cm³/mol. The largest absolute Gasteiger partial charge is 0.336 e. The standard InChI is InChI=1S/C26H25N3O3/c1-18-8-10-20(11-9-18)24(30)28-15-12-27(13-16-28)14-17-29-25(31)21-6-2-4-19-5-3-7-22(23(19)21)26(29)32/h2-11H,12-17H2,1H3. The summed E-state index contributed by atoms with van der Waals surface area (Å²) in [6.45, 7) is 5.66. The van der Waals surface area contributed by atoms with E-state index in [4.69, 9.17) is 0 Å². The fourth-order valence-electron chi connectivity index (χ4n) is 4.58. The lowest BCUT2D eigenvalue weighted by Crippen LogP contribution is -2.51. The van der Waals surface area contributed by atoms with E-state index < -0.39 is 0 Å². The molecule has 0 spiro atoms. The number of hydrogen-bond acceptors (Lipinski definition) is 4. The topological polar surface area (TPSA) is 60.9 Å². The first-order valence-electron chi connectivity index (χ1n) is 11.0. The van der Waals surface area contributed by atoms with Crippen molar-refractivity contribution < 1.29 is 14.4 Å². The number of benzene rings is 3. The van der Waals surface area contributed by atoms with Gasteiger partial charge in [0.15, 0.2) is 0 Å². The highest BCUT2D eigenvalue weighted by molar-refractivity contribution is 6.25. The van der Waals surface area contributed by atoms with Gasteiger partial charge in [0, 0.05) is 61.3 Å². The Labute approximate surface area is 187 Å². The summed E-state index contributed by atoms with van der Waals surface area (Å²) >= 11 is 0. The number of rotatable bonds is 4. The Bertz CT molecular complexity index is 1160. The van der Waals surface area contributed by atoms with Crippen molar-refractivity contribution in [3.05, 3.63) is 82.9 Å². The second-order valence-corrected chi connectivity index (χ2v) is 8.47. The summed E-state index contributed by atoms with van der Waals surface area (Å²) in [4.78, 5) is 44.3. The molecule has 1 fully saturated rings. The van der Waals surface area contributed by atoms with Gasteiger partial charge in [-0.05, 0) is 36.6 Å². The number of piperazine rings is 1. The Balaban J connectivity index is 1.22. The minimum absolute atomic E-state index is 0.0516. The summed E-state index contributed by atoms with van der Waals surface area (Å²) in [6.07, 6.45) is 0. The first-order chi connectivity index (χ1) is 15.5. The number of nitrogens with zero attached hydrogens (tertiary/aromatic N) is 3. The monoisotopic (exact) mass is 427 g/mol. The Morgan fingerprint density at radius 1 is 0.781 bits per heavy atom. The summed E-state index contributed by atoms with van der Waals surface area (Å²) in [5.74, 6) is -0.407. The van der Waals surface area contributed by atoms with Gasteiger partial charge < -0.3 is 4.90 Å². The molecule has 0 N–H and O–H groups in total. The molecule has 0 saturated carbocycles. The molecule has 0 aliphatic carbocycles. The minimum atomic E-state index is -0.229. The number of carbonyl (C=O) groups excluding carboxylic acids is 3. The quantitative estimate of drug-likeness (QED) is 0.600. The zero-order valence-corrected chi connectivity index (χ0v) is 18.1. The molecule has 0 atom stereocenters. The van der Waals surface area contributed by atoms with Crippen LogP contribution in [0, 0.1) is 6.92 Å². The molecule has 1 saturated heterocycles. The Morgan fingerprint density at radius 2 is 1.38 bits per heavy atom. The van der Waals surface area contributed by atoms with Crippen molar-refractivity contribution in [1.82, 2.24) is 14.7 Å². The smallest absolute Gasteiger partial charge is 0.261 e. The van der Waals surface area contributed by atoms with Crippen molar-refractivity contribution in [2.45, 2.75) is 6.92 Å². The van der Waals surface area contributed by atoms with Gasteiger partial charge in [0.25, 0.3) is 17.7 Å². The van der Waals surface area contributed by atoms with Crippen LogP contribution < -0.4 is 0 Å².